The molecule has 2 aromatic rings. The number of hydrogen-bond donors (Lipinski definition) is 2. The molecule has 7 heteroatoms. The number of rotatable bonds is 5. The summed E-state index contributed by atoms with van der Waals surface area (Å²) >= 11 is 0. The number of aryl methyl sites for hydroxylation is 1. The fourth-order valence-corrected chi connectivity index (χ4v) is 3.41. The summed E-state index contributed by atoms with van der Waals surface area (Å²) in [6, 6.07) is 14.2. The molecular weight excluding hydrogens is 371 g/mol. The highest BCUT2D eigenvalue weighted by Gasteiger charge is 2.29. The number of piperazine rings is 1. The highest BCUT2D eigenvalue weighted by atomic mass is 19.1. The van der Waals surface area contributed by atoms with E-state index < -0.39 is 5.82 Å². The summed E-state index contributed by atoms with van der Waals surface area (Å²) in [5.41, 5.74) is 1.86. The van der Waals surface area contributed by atoms with E-state index in [0.717, 1.165) is 18.7 Å². The number of carbonyl (C=O) groups is 2. The molecule has 0 radical (unpaired) electrons. The number of halogens is 1. The number of nitrogens with zero attached hydrogens (tertiary/aromatic N) is 2. The lowest BCUT2D eigenvalue weighted by Crippen LogP contribution is -2.53. The fraction of sp³-hybridized carbons (Fsp3) is 0.364. The molecule has 6 nitrogen and oxygen atoms in total. The van der Waals surface area contributed by atoms with E-state index in [9.17, 15) is 14.0 Å². The molecule has 0 saturated carbocycles. The minimum absolute atomic E-state index is 0.0138. The Labute approximate surface area is 170 Å². The van der Waals surface area contributed by atoms with Gasteiger partial charge in [-0.15, -0.1) is 0 Å². The van der Waals surface area contributed by atoms with Crippen LogP contribution < -0.4 is 10.6 Å². The van der Waals surface area contributed by atoms with Crippen molar-refractivity contribution in [1.82, 2.24) is 20.4 Å². The average Bonchev–Trinajstić information content (AvgIpc) is 2.73. The minimum Gasteiger partial charge on any atom is -0.350 e. The number of benzene rings is 2. The summed E-state index contributed by atoms with van der Waals surface area (Å²) in [4.78, 5) is 28.9. The molecule has 0 aromatic heterocycles. The topological polar surface area (TPSA) is 64.7 Å². The molecule has 0 aliphatic carbocycles. The second kappa shape index (κ2) is 9.52. The molecule has 3 amide bonds. The standard InChI is InChI=1S/C22H27FN4O2/c1-16-8-9-18(14-19(16)23)21(28)24-10-11-25-22(29)27-13-12-26(2)15-20(27)17-6-4-3-5-7-17/h3-9,14,20H,10-13,15H2,1-2H3,(H,24,28)(H,25,29)/t20-/m1/s1. The third-order valence-corrected chi connectivity index (χ3v) is 5.15. The minimum atomic E-state index is -0.409. The Balaban J connectivity index is 1.51. The molecule has 2 aromatic carbocycles. The first-order chi connectivity index (χ1) is 14.0. The van der Waals surface area contributed by atoms with Gasteiger partial charge in [-0.2, -0.15) is 0 Å². The van der Waals surface area contributed by atoms with Crippen LogP contribution in [-0.2, 0) is 0 Å². The predicted molar refractivity (Wildman–Crippen MR) is 110 cm³/mol. The number of hydrogen-bond acceptors (Lipinski definition) is 3. The Morgan fingerprint density at radius 1 is 1.07 bits per heavy atom. The summed E-state index contributed by atoms with van der Waals surface area (Å²) in [5.74, 6) is -0.770. The lowest BCUT2D eigenvalue weighted by molar-refractivity contribution is 0.0949. The summed E-state index contributed by atoms with van der Waals surface area (Å²) < 4.78 is 13.6. The van der Waals surface area contributed by atoms with Crippen LogP contribution >= 0.6 is 0 Å². The monoisotopic (exact) mass is 398 g/mol. The first-order valence-corrected chi connectivity index (χ1v) is 9.78. The largest absolute Gasteiger partial charge is 0.350 e. The van der Waals surface area contributed by atoms with Crippen LogP contribution in [0.3, 0.4) is 0 Å². The van der Waals surface area contributed by atoms with E-state index in [1.807, 2.05) is 35.2 Å². The van der Waals surface area contributed by atoms with E-state index >= 15 is 0 Å². The number of nitrogens with one attached hydrogen (secondary N) is 2. The van der Waals surface area contributed by atoms with Crippen molar-refractivity contribution in [1.29, 1.82) is 0 Å². The second-order valence-corrected chi connectivity index (χ2v) is 7.33. The summed E-state index contributed by atoms with van der Waals surface area (Å²) in [6.07, 6.45) is 0. The Morgan fingerprint density at radius 3 is 2.52 bits per heavy atom. The van der Waals surface area contributed by atoms with E-state index in [1.54, 1.807) is 19.1 Å². The van der Waals surface area contributed by atoms with Crippen LogP contribution in [0.4, 0.5) is 9.18 Å². The van der Waals surface area contributed by atoms with Crippen LogP contribution in [0, 0.1) is 12.7 Å². The van der Waals surface area contributed by atoms with Crippen molar-refractivity contribution in [3.63, 3.8) is 0 Å². The quantitative estimate of drug-likeness (QED) is 0.761. The summed E-state index contributed by atoms with van der Waals surface area (Å²) in [6.45, 7) is 4.43. The van der Waals surface area contributed by atoms with Crippen molar-refractivity contribution in [2.24, 2.45) is 0 Å². The van der Waals surface area contributed by atoms with Crippen molar-refractivity contribution in [3.8, 4) is 0 Å². The van der Waals surface area contributed by atoms with Gasteiger partial charge in [0.05, 0.1) is 6.04 Å². The molecule has 154 valence electrons. The maximum atomic E-state index is 13.6. The van der Waals surface area contributed by atoms with Crippen molar-refractivity contribution in [2.45, 2.75) is 13.0 Å². The summed E-state index contributed by atoms with van der Waals surface area (Å²) in [7, 11) is 2.05. The normalized spacial score (nSPS) is 17.1. The van der Waals surface area contributed by atoms with Gasteiger partial charge in [-0.05, 0) is 37.2 Å². The van der Waals surface area contributed by atoms with Crippen LogP contribution in [-0.4, -0.2) is 61.5 Å². The van der Waals surface area contributed by atoms with Crippen LogP contribution in [0.15, 0.2) is 48.5 Å². The van der Waals surface area contributed by atoms with Gasteiger partial charge in [-0.1, -0.05) is 36.4 Å². The summed E-state index contributed by atoms with van der Waals surface area (Å²) in [5, 5.41) is 5.58. The Morgan fingerprint density at radius 2 is 1.79 bits per heavy atom. The molecule has 1 atom stereocenters. The molecule has 1 aliphatic rings. The van der Waals surface area contributed by atoms with Gasteiger partial charge in [0.15, 0.2) is 0 Å². The molecule has 1 fully saturated rings. The molecule has 2 N–H and O–H groups in total. The number of amides is 3. The van der Waals surface area contributed by atoms with E-state index in [4.69, 9.17) is 0 Å². The Hall–Kier alpha value is -2.93. The van der Waals surface area contributed by atoms with E-state index in [1.165, 1.54) is 6.07 Å². The first kappa shape index (κ1) is 20.8. The molecule has 3 rings (SSSR count). The highest BCUT2D eigenvalue weighted by Crippen LogP contribution is 2.24. The van der Waals surface area contributed by atoms with Crippen molar-refractivity contribution >= 4 is 11.9 Å². The van der Waals surface area contributed by atoms with E-state index in [2.05, 4.69) is 22.6 Å². The van der Waals surface area contributed by atoms with E-state index in [0.29, 0.717) is 18.7 Å². The van der Waals surface area contributed by atoms with Gasteiger partial charge in [-0.3, -0.25) is 4.79 Å². The fourth-order valence-electron chi connectivity index (χ4n) is 3.41. The molecule has 1 saturated heterocycles. The Bertz CT molecular complexity index is 859. The first-order valence-electron chi connectivity index (χ1n) is 9.78. The molecule has 1 aliphatic heterocycles. The number of urea groups is 1. The molecule has 0 unspecified atom stereocenters. The molecule has 0 bridgehead atoms. The number of likely N-dealkylation sites (N-methyl/N-ethyl adjacent to an activating group) is 1. The van der Waals surface area contributed by atoms with Crippen molar-refractivity contribution in [2.75, 3.05) is 39.8 Å². The maximum Gasteiger partial charge on any atom is 0.318 e. The van der Waals surface area contributed by atoms with Crippen molar-refractivity contribution in [3.05, 3.63) is 71.0 Å². The highest BCUT2D eigenvalue weighted by molar-refractivity contribution is 5.94. The van der Waals surface area contributed by atoms with Gasteiger partial charge in [0, 0.05) is 38.3 Å². The van der Waals surface area contributed by atoms with Gasteiger partial charge in [-0.25, -0.2) is 9.18 Å². The molecule has 29 heavy (non-hydrogen) atoms. The van der Waals surface area contributed by atoms with Gasteiger partial charge in [0.25, 0.3) is 5.91 Å². The van der Waals surface area contributed by atoms with Crippen LogP contribution in [0.5, 0.6) is 0 Å². The zero-order valence-electron chi connectivity index (χ0n) is 16.8. The lowest BCUT2D eigenvalue weighted by Gasteiger charge is -2.40. The predicted octanol–water partition coefficient (Wildman–Crippen LogP) is 2.56. The van der Waals surface area contributed by atoms with Gasteiger partial charge >= 0.3 is 6.03 Å². The maximum absolute atomic E-state index is 13.6. The number of carbonyl (C=O) groups excluding carboxylic acids is 2. The van der Waals surface area contributed by atoms with Gasteiger partial charge < -0.3 is 20.4 Å². The van der Waals surface area contributed by atoms with Crippen molar-refractivity contribution < 1.29 is 14.0 Å². The molecule has 0 spiro atoms. The van der Waals surface area contributed by atoms with Crippen LogP contribution in [0.25, 0.3) is 0 Å². The van der Waals surface area contributed by atoms with E-state index in [-0.39, 0.29) is 30.1 Å². The van der Waals surface area contributed by atoms with Gasteiger partial charge in [0.2, 0.25) is 0 Å². The second-order valence-electron chi connectivity index (χ2n) is 7.33. The third kappa shape index (κ3) is 5.32. The third-order valence-electron chi connectivity index (χ3n) is 5.15. The molecular formula is C22H27FN4O2. The Kier molecular flexibility index (Phi) is 6.82. The molecule has 1 heterocycles. The zero-order valence-corrected chi connectivity index (χ0v) is 16.8. The average molecular weight is 398 g/mol. The zero-order chi connectivity index (χ0) is 20.8. The van der Waals surface area contributed by atoms with Crippen LogP contribution in [0.1, 0.15) is 27.5 Å². The van der Waals surface area contributed by atoms with Crippen LogP contribution in [0.2, 0.25) is 0 Å². The lowest BCUT2D eigenvalue weighted by atomic mass is 10.0. The SMILES string of the molecule is Cc1ccc(C(=O)NCCNC(=O)N2CCN(C)C[C@@H]2c2ccccc2)cc1F. The van der Waals surface area contributed by atoms with Gasteiger partial charge in [0.1, 0.15) is 5.82 Å². The smallest absolute Gasteiger partial charge is 0.318 e.